The van der Waals surface area contributed by atoms with E-state index in [0.717, 1.165) is 48.7 Å². The summed E-state index contributed by atoms with van der Waals surface area (Å²) in [6.07, 6.45) is 1.82. The lowest BCUT2D eigenvalue weighted by Gasteiger charge is -2.36. The minimum absolute atomic E-state index is 0.765. The normalized spacial score (nSPS) is 14.2. The SMILES string of the molecule is Cc1ccc(C)c(Nc2ccnc(N3CCN(c4cccc(Cl)c4)CC3)n2)c1. The molecule has 0 bridgehead atoms. The van der Waals surface area contributed by atoms with Crippen molar-refractivity contribution in [1.29, 1.82) is 0 Å². The third-order valence-electron chi connectivity index (χ3n) is 5.03. The Bertz CT molecular complexity index is 967. The van der Waals surface area contributed by atoms with Gasteiger partial charge in [0, 0.05) is 48.8 Å². The Morgan fingerprint density at radius 1 is 0.929 bits per heavy atom. The van der Waals surface area contributed by atoms with Crippen LogP contribution >= 0.6 is 11.6 Å². The highest BCUT2D eigenvalue weighted by Gasteiger charge is 2.19. The van der Waals surface area contributed by atoms with Crippen LogP contribution in [0.25, 0.3) is 0 Å². The number of rotatable bonds is 4. The Labute approximate surface area is 171 Å². The van der Waals surface area contributed by atoms with Crippen LogP contribution in [0.2, 0.25) is 5.02 Å². The molecule has 1 saturated heterocycles. The van der Waals surface area contributed by atoms with Crippen molar-refractivity contribution in [2.45, 2.75) is 13.8 Å². The number of aromatic nitrogens is 2. The molecule has 28 heavy (non-hydrogen) atoms. The van der Waals surface area contributed by atoms with Crippen molar-refractivity contribution in [1.82, 2.24) is 9.97 Å². The van der Waals surface area contributed by atoms with Crippen LogP contribution in [0, 0.1) is 13.8 Å². The molecule has 4 rings (SSSR count). The summed E-state index contributed by atoms with van der Waals surface area (Å²) in [5.41, 5.74) is 4.66. The Hall–Kier alpha value is -2.79. The van der Waals surface area contributed by atoms with Gasteiger partial charge < -0.3 is 15.1 Å². The second kappa shape index (κ2) is 8.07. The van der Waals surface area contributed by atoms with Gasteiger partial charge in [0.25, 0.3) is 0 Å². The third kappa shape index (κ3) is 4.20. The van der Waals surface area contributed by atoms with E-state index in [1.807, 2.05) is 30.5 Å². The highest BCUT2D eigenvalue weighted by molar-refractivity contribution is 6.30. The Morgan fingerprint density at radius 2 is 1.71 bits per heavy atom. The fourth-order valence-electron chi connectivity index (χ4n) is 3.42. The Kier molecular flexibility index (Phi) is 5.35. The fourth-order valence-corrected chi connectivity index (χ4v) is 3.60. The van der Waals surface area contributed by atoms with Crippen LogP contribution in [0.3, 0.4) is 0 Å². The largest absolute Gasteiger partial charge is 0.368 e. The van der Waals surface area contributed by atoms with Gasteiger partial charge in [-0.3, -0.25) is 0 Å². The predicted octanol–water partition coefficient (Wildman–Crippen LogP) is 4.82. The lowest BCUT2D eigenvalue weighted by Crippen LogP contribution is -2.47. The lowest BCUT2D eigenvalue weighted by molar-refractivity contribution is 0.640. The molecule has 5 nitrogen and oxygen atoms in total. The molecule has 0 atom stereocenters. The van der Waals surface area contributed by atoms with Crippen molar-refractivity contribution in [2.75, 3.05) is 41.3 Å². The van der Waals surface area contributed by atoms with Crippen molar-refractivity contribution >= 4 is 34.7 Å². The van der Waals surface area contributed by atoms with Gasteiger partial charge in [-0.15, -0.1) is 0 Å². The molecular formula is C22H24ClN5. The number of hydrogen-bond donors (Lipinski definition) is 1. The first-order valence-electron chi connectivity index (χ1n) is 9.51. The van der Waals surface area contributed by atoms with Crippen LogP contribution in [-0.2, 0) is 0 Å². The second-order valence-electron chi connectivity index (χ2n) is 7.14. The van der Waals surface area contributed by atoms with Gasteiger partial charge in [0.2, 0.25) is 5.95 Å². The zero-order valence-electron chi connectivity index (χ0n) is 16.2. The Morgan fingerprint density at radius 3 is 2.50 bits per heavy atom. The van der Waals surface area contributed by atoms with Gasteiger partial charge in [-0.1, -0.05) is 29.8 Å². The smallest absolute Gasteiger partial charge is 0.227 e. The van der Waals surface area contributed by atoms with E-state index in [4.69, 9.17) is 16.6 Å². The zero-order valence-corrected chi connectivity index (χ0v) is 16.9. The van der Waals surface area contributed by atoms with Gasteiger partial charge in [0.15, 0.2) is 0 Å². The molecule has 3 aromatic rings. The number of benzene rings is 2. The molecule has 0 amide bonds. The summed E-state index contributed by atoms with van der Waals surface area (Å²) in [5, 5.41) is 4.20. The van der Waals surface area contributed by atoms with Gasteiger partial charge in [0.1, 0.15) is 5.82 Å². The van der Waals surface area contributed by atoms with Crippen molar-refractivity contribution in [2.24, 2.45) is 0 Å². The topological polar surface area (TPSA) is 44.3 Å². The van der Waals surface area contributed by atoms with Crippen molar-refractivity contribution < 1.29 is 0 Å². The van der Waals surface area contributed by atoms with Crippen LogP contribution < -0.4 is 15.1 Å². The lowest BCUT2D eigenvalue weighted by atomic mass is 10.1. The molecule has 0 saturated carbocycles. The molecule has 1 aliphatic rings. The van der Waals surface area contributed by atoms with Gasteiger partial charge >= 0.3 is 0 Å². The number of aryl methyl sites for hydroxylation is 2. The molecule has 1 N–H and O–H groups in total. The van der Waals surface area contributed by atoms with E-state index < -0.39 is 0 Å². The van der Waals surface area contributed by atoms with E-state index >= 15 is 0 Å². The minimum atomic E-state index is 0.765. The summed E-state index contributed by atoms with van der Waals surface area (Å²) in [6, 6.07) is 16.3. The summed E-state index contributed by atoms with van der Waals surface area (Å²) in [6.45, 7) is 7.77. The average molecular weight is 394 g/mol. The van der Waals surface area contributed by atoms with Gasteiger partial charge in [-0.2, -0.15) is 4.98 Å². The summed E-state index contributed by atoms with van der Waals surface area (Å²) in [7, 11) is 0. The number of hydrogen-bond acceptors (Lipinski definition) is 5. The number of piperazine rings is 1. The molecule has 1 aliphatic heterocycles. The maximum Gasteiger partial charge on any atom is 0.227 e. The maximum atomic E-state index is 6.13. The zero-order chi connectivity index (χ0) is 19.5. The minimum Gasteiger partial charge on any atom is -0.368 e. The van der Waals surface area contributed by atoms with Crippen LogP contribution in [0.5, 0.6) is 0 Å². The van der Waals surface area contributed by atoms with Crippen LogP contribution in [0.15, 0.2) is 54.7 Å². The van der Waals surface area contributed by atoms with E-state index in [0.29, 0.717) is 0 Å². The average Bonchev–Trinajstić information content (AvgIpc) is 2.71. The molecule has 6 heteroatoms. The maximum absolute atomic E-state index is 6.13. The van der Waals surface area contributed by atoms with E-state index in [9.17, 15) is 0 Å². The summed E-state index contributed by atoms with van der Waals surface area (Å²) in [5.74, 6) is 1.58. The first-order chi connectivity index (χ1) is 13.6. The standard InChI is InChI=1S/C22H24ClN5/c1-16-6-7-17(2)20(14-16)25-21-8-9-24-22(26-21)28-12-10-27(11-13-28)19-5-3-4-18(23)15-19/h3-9,14-15H,10-13H2,1-2H3,(H,24,25,26). The molecule has 0 radical (unpaired) electrons. The highest BCUT2D eigenvalue weighted by atomic mass is 35.5. The molecule has 2 aromatic carbocycles. The molecule has 144 valence electrons. The third-order valence-corrected chi connectivity index (χ3v) is 5.27. The first kappa shape index (κ1) is 18.6. The number of nitrogens with one attached hydrogen (secondary N) is 1. The number of nitrogens with zero attached hydrogens (tertiary/aromatic N) is 4. The monoisotopic (exact) mass is 393 g/mol. The van der Waals surface area contributed by atoms with E-state index in [2.05, 4.69) is 58.2 Å². The van der Waals surface area contributed by atoms with E-state index in [1.165, 1.54) is 16.8 Å². The molecule has 1 aromatic heterocycles. The van der Waals surface area contributed by atoms with Gasteiger partial charge in [-0.25, -0.2) is 4.98 Å². The second-order valence-corrected chi connectivity index (χ2v) is 7.58. The van der Waals surface area contributed by atoms with E-state index in [1.54, 1.807) is 0 Å². The summed E-state index contributed by atoms with van der Waals surface area (Å²) >= 11 is 6.13. The van der Waals surface area contributed by atoms with E-state index in [-0.39, 0.29) is 0 Å². The predicted molar refractivity (Wildman–Crippen MR) is 117 cm³/mol. The quantitative estimate of drug-likeness (QED) is 0.688. The molecular weight excluding hydrogens is 370 g/mol. The molecule has 2 heterocycles. The summed E-state index contributed by atoms with van der Waals surface area (Å²) in [4.78, 5) is 13.8. The fraction of sp³-hybridized carbons (Fsp3) is 0.273. The van der Waals surface area contributed by atoms with Crippen LogP contribution in [0.1, 0.15) is 11.1 Å². The highest BCUT2D eigenvalue weighted by Crippen LogP contribution is 2.24. The van der Waals surface area contributed by atoms with Crippen LogP contribution in [0.4, 0.5) is 23.1 Å². The molecule has 1 fully saturated rings. The Balaban J connectivity index is 1.44. The van der Waals surface area contributed by atoms with Crippen molar-refractivity contribution in [3.8, 4) is 0 Å². The van der Waals surface area contributed by atoms with Crippen LogP contribution in [-0.4, -0.2) is 36.1 Å². The van der Waals surface area contributed by atoms with Gasteiger partial charge in [0.05, 0.1) is 0 Å². The molecule has 0 spiro atoms. The first-order valence-corrected chi connectivity index (χ1v) is 9.89. The van der Waals surface area contributed by atoms with Gasteiger partial charge in [-0.05, 0) is 55.3 Å². The van der Waals surface area contributed by atoms with Crippen molar-refractivity contribution in [3.63, 3.8) is 0 Å². The molecule has 0 aliphatic carbocycles. The summed E-state index contributed by atoms with van der Waals surface area (Å²) < 4.78 is 0. The molecule has 0 unspecified atom stereocenters. The van der Waals surface area contributed by atoms with Crippen molar-refractivity contribution in [3.05, 3.63) is 70.9 Å². The number of halogens is 1. The number of anilines is 4.